The number of rotatable bonds is 4. The lowest BCUT2D eigenvalue weighted by atomic mass is 10.1. The van der Waals surface area contributed by atoms with Crippen LogP contribution in [-0.4, -0.2) is 11.5 Å². The van der Waals surface area contributed by atoms with Crippen LogP contribution >= 0.6 is 11.8 Å². The van der Waals surface area contributed by atoms with E-state index >= 15 is 0 Å². The molecule has 0 aliphatic heterocycles. The summed E-state index contributed by atoms with van der Waals surface area (Å²) in [5, 5.41) is 0. The monoisotopic (exact) mass is 216 g/mol. The highest BCUT2D eigenvalue weighted by Crippen LogP contribution is 2.25. The van der Waals surface area contributed by atoms with Gasteiger partial charge in [-0.25, -0.2) is 0 Å². The van der Waals surface area contributed by atoms with Gasteiger partial charge in [0.25, 0.3) is 5.76 Å². The van der Waals surface area contributed by atoms with Crippen LogP contribution in [0.5, 0.6) is 0 Å². The molecule has 76 valence electrons. The predicted octanol–water partition coefficient (Wildman–Crippen LogP) is 3.13. The molecule has 14 heavy (non-hydrogen) atoms. The van der Waals surface area contributed by atoms with Crippen molar-refractivity contribution >= 4 is 17.5 Å². The Labute approximate surface area is 85.5 Å². The van der Waals surface area contributed by atoms with Crippen molar-refractivity contribution in [1.29, 1.82) is 0 Å². The molecule has 1 rings (SSSR count). The van der Waals surface area contributed by atoms with Crippen LogP contribution in [0, 0.1) is 0 Å². The third-order valence-electron chi connectivity index (χ3n) is 1.60. The number of carbonyl (C=O) groups is 1. The second kappa shape index (κ2) is 5.10. The summed E-state index contributed by atoms with van der Waals surface area (Å²) in [5.74, 6) is -2.33. The van der Waals surface area contributed by atoms with Gasteiger partial charge in [-0.1, -0.05) is 23.9 Å². The molecule has 1 aromatic carbocycles. The van der Waals surface area contributed by atoms with Crippen molar-refractivity contribution in [1.82, 2.24) is 0 Å². The van der Waals surface area contributed by atoms with Crippen LogP contribution in [-0.2, 0) is 11.2 Å². The van der Waals surface area contributed by atoms with Crippen LogP contribution < -0.4 is 0 Å². The molecule has 0 heterocycles. The number of carbonyl (C=O) groups excluding carboxylic acids is 1. The Morgan fingerprint density at radius 1 is 1.36 bits per heavy atom. The fourth-order valence-corrected chi connectivity index (χ4v) is 1.58. The Morgan fingerprint density at radius 2 is 1.93 bits per heavy atom. The van der Waals surface area contributed by atoms with Gasteiger partial charge in [0.1, 0.15) is 5.78 Å². The third kappa shape index (κ3) is 3.87. The fourth-order valence-electron chi connectivity index (χ4n) is 1.08. The number of alkyl halides is 2. The van der Waals surface area contributed by atoms with Gasteiger partial charge in [-0.05, 0) is 24.6 Å². The summed E-state index contributed by atoms with van der Waals surface area (Å²) < 4.78 is 23.9. The van der Waals surface area contributed by atoms with Crippen molar-refractivity contribution in [2.24, 2.45) is 0 Å². The van der Waals surface area contributed by atoms with Crippen LogP contribution in [0.4, 0.5) is 8.78 Å². The zero-order chi connectivity index (χ0) is 10.6. The first kappa shape index (κ1) is 11.2. The summed E-state index contributed by atoms with van der Waals surface area (Å²) in [4.78, 5) is 11.3. The average Bonchev–Trinajstić information content (AvgIpc) is 2.06. The van der Waals surface area contributed by atoms with Crippen LogP contribution in [0.25, 0.3) is 0 Å². The average molecular weight is 216 g/mol. The predicted molar refractivity (Wildman–Crippen MR) is 52.7 cm³/mol. The molecule has 1 nitrogen and oxygen atoms in total. The SMILES string of the molecule is CC(=O)Cc1ccc(SC(F)F)cc1. The lowest BCUT2D eigenvalue weighted by molar-refractivity contribution is -0.116. The quantitative estimate of drug-likeness (QED) is 0.719. The summed E-state index contributed by atoms with van der Waals surface area (Å²) in [6.07, 6.45) is 0.361. The van der Waals surface area contributed by atoms with Gasteiger partial charge >= 0.3 is 0 Å². The van der Waals surface area contributed by atoms with Gasteiger partial charge in [0.05, 0.1) is 0 Å². The second-order valence-corrected chi connectivity index (χ2v) is 3.96. The van der Waals surface area contributed by atoms with E-state index < -0.39 is 5.76 Å². The number of benzene rings is 1. The van der Waals surface area contributed by atoms with Crippen LogP contribution in [0.15, 0.2) is 29.2 Å². The summed E-state index contributed by atoms with van der Waals surface area (Å²) in [6, 6.07) is 6.61. The maximum Gasteiger partial charge on any atom is 0.288 e. The number of ketones is 1. The van der Waals surface area contributed by atoms with Crippen molar-refractivity contribution in [2.75, 3.05) is 0 Å². The Morgan fingerprint density at radius 3 is 2.36 bits per heavy atom. The minimum absolute atomic E-state index is 0.0688. The second-order valence-electron chi connectivity index (χ2n) is 2.90. The summed E-state index contributed by atoms with van der Waals surface area (Å²) >= 11 is 0.508. The Kier molecular flexibility index (Phi) is 4.07. The van der Waals surface area contributed by atoms with E-state index in [0.717, 1.165) is 5.56 Å². The van der Waals surface area contributed by atoms with Crippen molar-refractivity contribution in [3.63, 3.8) is 0 Å². The lowest BCUT2D eigenvalue weighted by Crippen LogP contribution is -1.95. The first-order chi connectivity index (χ1) is 6.58. The van der Waals surface area contributed by atoms with Gasteiger partial charge < -0.3 is 0 Å². The van der Waals surface area contributed by atoms with Crippen LogP contribution in [0.1, 0.15) is 12.5 Å². The topological polar surface area (TPSA) is 17.1 Å². The molecule has 0 N–H and O–H groups in total. The first-order valence-electron chi connectivity index (χ1n) is 4.11. The Hall–Kier alpha value is -0.900. The van der Waals surface area contributed by atoms with Gasteiger partial charge in [0.2, 0.25) is 0 Å². The fraction of sp³-hybridized carbons (Fsp3) is 0.300. The number of thioether (sulfide) groups is 1. The highest BCUT2D eigenvalue weighted by atomic mass is 32.2. The van der Waals surface area contributed by atoms with E-state index in [0.29, 0.717) is 23.1 Å². The molecular weight excluding hydrogens is 206 g/mol. The first-order valence-corrected chi connectivity index (χ1v) is 4.99. The molecular formula is C10H10F2OS. The molecule has 0 atom stereocenters. The summed E-state index contributed by atoms with van der Waals surface area (Å²) in [6.45, 7) is 1.50. The molecule has 0 bridgehead atoms. The molecule has 0 amide bonds. The maximum absolute atomic E-state index is 11.9. The molecule has 0 fully saturated rings. The normalized spacial score (nSPS) is 10.6. The van der Waals surface area contributed by atoms with Crippen molar-refractivity contribution in [3.8, 4) is 0 Å². The Balaban J connectivity index is 2.63. The molecule has 0 radical (unpaired) electrons. The largest absolute Gasteiger partial charge is 0.300 e. The molecule has 0 aliphatic rings. The van der Waals surface area contributed by atoms with Gasteiger partial charge in [-0.2, -0.15) is 8.78 Å². The van der Waals surface area contributed by atoms with E-state index in [2.05, 4.69) is 0 Å². The van der Waals surface area contributed by atoms with E-state index in [-0.39, 0.29) is 5.78 Å². The molecule has 0 saturated carbocycles. The van der Waals surface area contributed by atoms with E-state index in [1.807, 2.05) is 0 Å². The van der Waals surface area contributed by atoms with Gasteiger partial charge in [-0.15, -0.1) is 0 Å². The number of hydrogen-bond donors (Lipinski definition) is 0. The van der Waals surface area contributed by atoms with Crippen molar-refractivity contribution in [3.05, 3.63) is 29.8 Å². The van der Waals surface area contributed by atoms with Gasteiger partial charge in [-0.3, -0.25) is 4.79 Å². The number of Topliss-reactive ketones (excluding diaryl/α,β-unsaturated/α-hetero) is 1. The van der Waals surface area contributed by atoms with Crippen molar-refractivity contribution in [2.45, 2.75) is 24.0 Å². The number of hydrogen-bond acceptors (Lipinski definition) is 2. The van der Waals surface area contributed by atoms with Gasteiger partial charge in [0.15, 0.2) is 0 Å². The van der Waals surface area contributed by atoms with E-state index in [1.165, 1.54) is 6.92 Å². The maximum atomic E-state index is 11.9. The third-order valence-corrected chi connectivity index (χ3v) is 2.32. The molecule has 0 unspecified atom stereocenters. The Bertz CT molecular complexity index is 308. The van der Waals surface area contributed by atoms with Crippen molar-refractivity contribution < 1.29 is 13.6 Å². The van der Waals surface area contributed by atoms with Crippen LogP contribution in [0.2, 0.25) is 0 Å². The van der Waals surface area contributed by atoms with E-state index in [9.17, 15) is 13.6 Å². The van der Waals surface area contributed by atoms with E-state index in [4.69, 9.17) is 0 Å². The molecule has 0 spiro atoms. The molecule has 0 saturated heterocycles. The van der Waals surface area contributed by atoms with Gasteiger partial charge in [0, 0.05) is 11.3 Å². The minimum atomic E-state index is -2.39. The van der Waals surface area contributed by atoms with Crippen LogP contribution in [0.3, 0.4) is 0 Å². The zero-order valence-electron chi connectivity index (χ0n) is 7.67. The van der Waals surface area contributed by atoms with E-state index in [1.54, 1.807) is 24.3 Å². The molecule has 0 aliphatic carbocycles. The summed E-state index contributed by atoms with van der Waals surface area (Å²) in [7, 11) is 0. The highest BCUT2D eigenvalue weighted by molar-refractivity contribution is 7.99. The molecule has 0 aromatic heterocycles. The minimum Gasteiger partial charge on any atom is -0.300 e. The standard InChI is InChI=1S/C10H10F2OS/c1-7(13)6-8-2-4-9(5-3-8)14-10(11)12/h2-5,10H,6H2,1H3. The summed E-state index contributed by atoms with van der Waals surface area (Å²) in [5.41, 5.74) is 0.858. The number of halogens is 2. The molecule has 1 aromatic rings. The smallest absolute Gasteiger partial charge is 0.288 e. The highest BCUT2D eigenvalue weighted by Gasteiger charge is 2.05. The molecule has 4 heteroatoms. The zero-order valence-corrected chi connectivity index (χ0v) is 8.48. The lowest BCUT2D eigenvalue weighted by Gasteiger charge is -2.01.